The molecular weight excluding hydrogens is 425 g/mol. The van der Waals surface area contributed by atoms with E-state index >= 15 is 0 Å². The van der Waals surface area contributed by atoms with Gasteiger partial charge in [0.05, 0.1) is 12.5 Å². The number of aliphatic imine (C=N–C) groups is 1. The molecule has 1 saturated heterocycles. The summed E-state index contributed by atoms with van der Waals surface area (Å²) in [6.07, 6.45) is 2.90. The quantitative estimate of drug-likeness (QED) is 0.560. The number of benzene rings is 1. The van der Waals surface area contributed by atoms with Crippen molar-refractivity contribution < 1.29 is 13.9 Å². The van der Waals surface area contributed by atoms with Crippen molar-refractivity contribution in [2.45, 2.75) is 44.1 Å². The van der Waals surface area contributed by atoms with Crippen LogP contribution in [0.5, 0.6) is 0 Å². The summed E-state index contributed by atoms with van der Waals surface area (Å²) in [5.74, 6) is 1.14. The molecule has 3 heterocycles. The van der Waals surface area contributed by atoms with Gasteiger partial charge in [-0.3, -0.25) is 15.1 Å². The molecule has 9 nitrogen and oxygen atoms in total. The van der Waals surface area contributed by atoms with Crippen molar-refractivity contribution in [1.82, 2.24) is 25.4 Å². The van der Waals surface area contributed by atoms with Crippen LogP contribution in [0.25, 0.3) is 0 Å². The van der Waals surface area contributed by atoms with Crippen molar-refractivity contribution in [2.24, 2.45) is 18.0 Å². The molecule has 0 radical (unpaired) electrons. The number of ether oxygens (including phenoxy) is 1. The highest BCUT2D eigenvalue weighted by Crippen LogP contribution is 2.26. The molecule has 2 aromatic rings. The molecule has 4 atom stereocenters. The van der Waals surface area contributed by atoms with Gasteiger partial charge in [0.1, 0.15) is 18.2 Å². The van der Waals surface area contributed by atoms with Gasteiger partial charge in [-0.2, -0.15) is 0 Å². The molecule has 0 bridgehead atoms. The van der Waals surface area contributed by atoms with Crippen LogP contribution in [0.15, 0.2) is 29.3 Å². The van der Waals surface area contributed by atoms with Gasteiger partial charge in [0.25, 0.3) is 5.91 Å². The average molecular weight is 458 g/mol. The van der Waals surface area contributed by atoms with Crippen LogP contribution >= 0.6 is 0 Å². The summed E-state index contributed by atoms with van der Waals surface area (Å²) in [5.41, 5.74) is 1.38. The Morgan fingerprint density at radius 3 is 3.03 bits per heavy atom. The normalized spacial score (nSPS) is 25.1. The summed E-state index contributed by atoms with van der Waals surface area (Å²) in [6, 6.07) is 7.35. The van der Waals surface area contributed by atoms with Crippen molar-refractivity contribution in [3.63, 3.8) is 0 Å². The summed E-state index contributed by atoms with van der Waals surface area (Å²) in [5, 5.41) is 18.1. The molecule has 0 aliphatic carbocycles. The van der Waals surface area contributed by atoms with E-state index in [1.807, 2.05) is 29.8 Å². The fourth-order valence-electron chi connectivity index (χ4n) is 4.46. The van der Waals surface area contributed by atoms with E-state index in [1.165, 1.54) is 6.21 Å². The van der Waals surface area contributed by atoms with Gasteiger partial charge >= 0.3 is 0 Å². The molecule has 2 aliphatic heterocycles. The number of piperidine rings is 1. The number of alkyl halides is 1. The third-order valence-corrected chi connectivity index (χ3v) is 6.41. The molecule has 4 unspecified atom stereocenters. The molecule has 1 amide bonds. The number of methoxy groups -OCH3 is 1. The molecule has 3 N–H and O–H groups in total. The van der Waals surface area contributed by atoms with E-state index in [0.29, 0.717) is 43.3 Å². The van der Waals surface area contributed by atoms with Gasteiger partial charge in [0.15, 0.2) is 5.82 Å². The van der Waals surface area contributed by atoms with Crippen molar-refractivity contribution in [2.75, 3.05) is 32.1 Å². The van der Waals surface area contributed by atoms with Crippen molar-refractivity contribution in [3.8, 4) is 0 Å². The van der Waals surface area contributed by atoms with Crippen LogP contribution in [0, 0.1) is 5.92 Å². The number of rotatable bonds is 8. The van der Waals surface area contributed by atoms with Crippen molar-refractivity contribution in [1.29, 1.82) is 0 Å². The lowest BCUT2D eigenvalue weighted by atomic mass is 9.97. The Bertz CT molecular complexity index is 979. The van der Waals surface area contributed by atoms with E-state index in [-0.39, 0.29) is 24.0 Å². The second kappa shape index (κ2) is 10.8. The number of carbonyl (C=O) groups is 1. The predicted octanol–water partition coefficient (Wildman–Crippen LogP) is 2.03. The molecule has 1 aromatic heterocycles. The first kappa shape index (κ1) is 23.3. The lowest BCUT2D eigenvalue weighted by molar-refractivity contribution is 0.00679. The van der Waals surface area contributed by atoms with Gasteiger partial charge in [-0.1, -0.05) is 6.07 Å². The van der Waals surface area contributed by atoms with Gasteiger partial charge in [-0.15, -0.1) is 10.2 Å². The van der Waals surface area contributed by atoms with Gasteiger partial charge in [-0.25, -0.2) is 4.39 Å². The van der Waals surface area contributed by atoms with Gasteiger partial charge in [-0.05, 0) is 44.0 Å². The van der Waals surface area contributed by atoms with Crippen molar-refractivity contribution in [3.05, 3.63) is 41.5 Å². The Labute approximate surface area is 193 Å². The fraction of sp³-hybridized carbons (Fsp3) is 0.565. The third-order valence-electron chi connectivity index (χ3n) is 6.41. The zero-order valence-corrected chi connectivity index (χ0v) is 19.1. The molecule has 4 rings (SSSR count). The van der Waals surface area contributed by atoms with Crippen LogP contribution < -0.4 is 16.0 Å². The summed E-state index contributed by atoms with van der Waals surface area (Å²) in [6.45, 7) is 2.51. The van der Waals surface area contributed by atoms with Crippen LogP contribution in [0.4, 0.5) is 10.1 Å². The van der Waals surface area contributed by atoms with Crippen molar-refractivity contribution >= 4 is 17.8 Å². The first-order valence-electron chi connectivity index (χ1n) is 11.5. The van der Waals surface area contributed by atoms with E-state index in [2.05, 4.69) is 31.1 Å². The Hall–Kier alpha value is -2.85. The van der Waals surface area contributed by atoms with E-state index in [1.54, 1.807) is 13.2 Å². The third kappa shape index (κ3) is 5.56. The molecule has 2 aliphatic rings. The minimum absolute atomic E-state index is 0.0306. The number of halogens is 1. The average Bonchev–Trinajstić information content (AvgIpc) is 3.21. The van der Waals surface area contributed by atoms with Gasteiger partial charge in [0, 0.05) is 50.6 Å². The molecule has 1 aromatic carbocycles. The molecular formula is C23H32FN7O2. The highest BCUT2D eigenvalue weighted by atomic mass is 19.1. The van der Waals surface area contributed by atoms with Crippen LogP contribution in [0.2, 0.25) is 0 Å². The molecule has 178 valence electrons. The van der Waals surface area contributed by atoms with E-state index < -0.39 is 6.17 Å². The Kier molecular flexibility index (Phi) is 7.66. The highest BCUT2D eigenvalue weighted by molar-refractivity contribution is 5.95. The van der Waals surface area contributed by atoms with E-state index in [0.717, 1.165) is 25.1 Å². The molecule has 0 saturated carbocycles. The van der Waals surface area contributed by atoms with Crippen LogP contribution in [0.3, 0.4) is 0 Å². The van der Waals surface area contributed by atoms with Gasteiger partial charge in [0.2, 0.25) is 0 Å². The predicted molar refractivity (Wildman–Crippen MR) is 124 cm³/mol. The van der Waals surface area contributed by atoms with Crippen LogP contribution in [0.1, 0.15) is 47.2 Å². The molecule has 1 fully saturated rings. The number of anilines is 1. The monoisotopic (exact) mass is 457 g/mol. The van der Waals surface area contributed by atoms with Crippen LogP contribution in [-0.4, -0.2) is 66.0 Å². The second-order valence-electron chi connectivity index (χ2n) is 8.59. The number of amides is 1. The zero-order chi connectivity index (χ0) is 23.2. The smallest absolute Gasteiger partial charge is 0.251 e. The SMILES string of the molecule is COC1NCCCC1CNC(=O)c1cccc(NCc2nnc(C3CCN=CC3F)n2C)c1. The minimum Gasteiger partial charge on any atom is -0.378 e. The lowest BCUT2D eigenvalue weighted by Gasteiger charge is -2.31. The number of hydrogen-bond acceptors (Lipinski definition) is 7. The van der Waals surface area contributed by atoms with Gasteiger partial charge < -0.3 is 19.9 Å². The fourth-order valence-corrected chi connectivity index (χ4v) is 4.46. The topological polar surface area (TPSA) is 105 Å². The lowest BCUT2D eigenvalue weighted by Crippen LogP contribution is -2.47. The molecule has 33 heavy (non-hydrogen) atoms. The standard InChI is InChI=1S/C23H32FN7O2/c1-31-20(29-30-21(31)18-8-10-25-13-19(18)24)14-27-17-7-3-5-15(11-17)22(32)28-12-16-6-4-9-26-23(16)33-2/h3,5,7,11,13,16,18-19,23,26-27H,4,6,8-10,12,14H2,1-2H3,(H,28,32). The number of aromatic nitrogens is 3. The number of hydrogen-bond donors (Lipinski definition) is 3. The Morgan fingerprint density at radius 1 is 1.33 bits per heavy atom. The molecule has 0 spiro atoms. The summed E-state index contributed by atoms with van der Waals surface area (Å²) in [7, 11) is 3.54. The first-order valence-corrected chi connectivity index (χ1v) is 11.5. The maximum absolute atomic E-state index is 14.2. The Morgan fingerprint density at radius 2 is 2.21 bits per heavy atom. The summed E-state index contributed by atoms with van der Waals surface area (Å²) in [4.78, 5) is 16.7. The number of nitrogens with zero attached hydrogens (tertiary/aromatic N) is 4. The highest BCUT2D eigenvalue weighted by Gasteiger charge is 2.29. The van der Waals surface area contributed by atoms with E-state index in [9.17, 15) is 9.18 Å². The zero-order valence-electron chi connectivity index (χ0n) is 19.1. The largest absolute Gasteiger partial charge is 0.378 e. The first-order chi connectivity index (χ1) is 16.1. The van der Waals surface area contributed by atoms with E-state index in [4.69, 9.17) is 4.74 Å². The summed E-state index contributed by atoms with van der Waals surface area (Å²) >= 11 is 0. The Balaban J connectivity index is 1.34. The second-order valence-corrected chi connectivity index (χ2v) is 8.59. The summed E-state index contributed by atoms with van der Waals surface area (Å²) < 4.78 is 21.5. The number of carbonyl (C=O) groups excluding carboxylic acids is 1. The molecule has 10 heteroatoms. The van der Waals surface area contributed by atoms with Crippen LogP contribution in [-0.2, 0) is 18.3 Å². The number of nitrogens with one attached hydrogen (secondary N) is 3. The minimum atomic E-state index is -1.14. The maximum atomic E-state index is 14.2. The maximum Gasteiger partial charge on any atom is 0.251 e.